The molecule has 1 aromatic rings. The summed E-state index contributed by atoms with van der Waals surface area (Å²) < 4.78 is 0.805. The Kier molecular flexibility index (Phi) is 7.30. The molecule has 0 aromatic heterocycles. The normalized spacial score (nSPS) is 10.2. The van der Waals surface area contributed by atoms with Crippen LogP contribution in [0.15, 0.2) is 28.7 Å². The molecule has 0 saturated heterocycles. The molecule has 0 aliphatic rings. The summed E-state index contributed by atoms with van der Waals surface area (Å²) in [5, 5.41) is 2.75. The molecule has 0 atom stereocenters. The second kappa shape index (κ2) is 8.74. The third-order valence-corrected chi connectivity index (χ3v) is 3.49. The van der Waals surface area contributed by atoms with Crippen LogP contribution in [0.3, 0.4) is 0 Å². The summed E-state index contributed by atoms with van der Waals surface area (Å²) in [4.78, 5) is 25.7. The van der Waals surface area contributed by atoms with Gasteiger partial charge in [0.25, 0.3) is 0 Å². The first-order valence-electron chi connectivity index (χ1n) is 6.90. The van der Waals surface area contributed by atoms with Crippen molar-refractivity contribution in [2.24, 2.45) is 0 Å². The molecule has 0 bridgehead atoms. The molecule has 0 radical (unpaired) electrons. The van der Waals surface area contributed by atoms with Crippen molar-refractivity contribution in [1.29, 1.82) is 0 Å². The number of carbonyl (C=O) groups excluding carboxylic acids is 2. The Bertz CT molecular complexity index is 457. The number of nitrogens with one attached hydrogen (secondary N) is 1. The van der Waals surface area contributed by atoms with Crippen LogP contribution in [0.1, 0.15) is 33.1 Å². The fraction of sp³-hybridized carbons (Fsp3) is 0.467. The summed E-state index contributed by atoms with van der Waals surface area (Å²) in [7, 11) is 0. The average molecular weight is 341 g/mol. The van der Waals surface area contributed by atoms with E-state index in [1.165, 1.54) is 0 Å². The van der Waals surface area contributed by atoms with Crippen LogP contribution < -0.4 is 5.32 Å². The molecule has 2 amide bonds. The van der Waals surface area contributed by atoms with Gasteiger partial charge in [-0.1, -0.05) is 26.0 Å². The molecule has 0 saturated carbocycles. The molecule has 0 spiro atoms. The highest BCUT2D eigenvalue weighted by Gasteiger charge is 2.16. The van der Waals surface area contributed by atoms with Gasteiger partial charge < -0.3 is 10.2 Å². The van der Waals surface area contributed by atoms with Gasteiger partial charge in [0.15, 0.2) is 0 Å². The number of hydrogen-bond donors (Lipinski definition) is 1. The van der Waals surface area contributed by atoms with Crippen molar-refractivity contribution >= 4 is 33.4 Å². The van der Waals surface area contributed by atoms with Crippen molar-refractivity contribution in [2.75, 3.05) is 18.4 Å². The zero-order chi connectivity index (χ0) is 15.0. The van der Waals surface area contributed by atoms with Crippen LogP contribution in [0.2, 0.25) is 0 Å². The van der Waals surface area contributed by atoms with Crippen LogP contribution >= 0.6 is 15.9 Å². The quantitative estimate of drug-likeness (QED) is 0.773. The van der Waals surface area contributed by atoms with Gasteiger partial charge in [-0.2, -0.15) is 0 Å². The molecule has 0 aliphatic heterocycles. The monoisotopic (exact) mass is 340 g/mol. The van der Waals surface area contributed by atoms with Crippen LogP contribution in [0.25, 0.3) is 0 Å². The van der Waals surface area contributed by atoms with Crippen LogP contribution in [-0.4, -0.2) is 29.8 Å². The van der Waals surface area contributed by atoms with Crippen molar-refractivity contribution in [3.63, 3.8) is 0 Å². The molecule has 0 aliphatic carbocycles. The Balaban J connectivity index is 2.56. The Morgan fingerprint density at radius 2 is 1.75 bits per heavy atom. The third kappa shape index (κ3) is 5.33. The predicted octanol–water partition coefficient (Wildman–Crippen LogP) is 3.43. The number of amides is 2. The van der Waals surface area contributed by atoms with Gasteiger partial charge in [0.1, 0.15) is 6.42 Å². The summed E-state index contributed by atoms with van der Waals surface area (Å²) in [6.07, 6.45) is 1.69. The number of rotatable bonds is 7. The van der Waals surface area contributed by atoms with Crippen molar-refractivity contribution in [1.82, 2.24) is 4.90 Å². The molecule has 1 aromatic carbocycles. The van der Waals surface area contributed by atoms with E-state index in [1.54, 1.807) is 11.0 Å². The Hall–Kier alpha value is -1.36. The first kappa shape index (κ1) is 16.7. The van der Waals surface area contributed by atoms with E-state index in [-0.39, 0.29) is 18.2 Å². The van der Waals surface area contributed by atoms with E-state index in [0.717, 1.165) is 17.3 Å². The summed E-state index contributed by atoms with van der Waals surface area (Å²) in [6, 6.07) is 7.35. The molecule has 20 heavy (non-hydrogen) atoms. The van der Waals surface area contributed by atoms with Crippen LogP contribution in [0.4, 0.5) is 5.69 Å². The smallest absolute Gasteiger partial charge is 0.233 e. The molecule has 110 valence electrons. The maximum atomic E-state index is 12.1. The fourth-order valence-corrected chi connectivity index (χ4v) is 2.29. The molecular weight excluding hydrogens is 320 g/mol. The lowest BCUT2D eigenvalue weighted by molar-refractivity contribution is -0.134. The SMILES string of the molecule is CCCN(CCC)C(=O)CC(=O)Nc1ccccc1Br. The number of benzene rings is 1. The second-order valence-corrected chi connectivity index (χ2v) is 5.44. The summed E-state index contributed by atoms with van der Waals surface area (Å²) in [6.45, 7) is 5.46. The lowest BCUT2D eigenvalue weighted by atomic mass is 10.2. The second-order valence-electron chi connectivity index (χ2n) is 4.59. The number of carbonyl (C=O) groups is 2. The van der Waals surface area contributed by atoms with E-state index >= 15 is 0 Å². The Morgan fingerprint density at radius 1 is 1.15 bits per heavy atom. The minimum absolute atomic E-state index is 0.110. The number of hydrogen-bond acceptors (Lipinski definition) is 2. The lowest BCUT2D eigenvalue weighted by Gasteiger charge is -2.21. The largest absolute Gasteiger partial charge is 0.342 e. The number of anilines is 1. The molecule has 0 fully saturated rings. The topological polar surface area (TPSA) is 49.4 Å². The standard InChI is InChI=1S/C15H21BrN2O2/c1-3-9-18(10-4-2)15(20)11-14(19)17-13-8-6-5-7-12(13)16/h5-8H,3-4,9-11H2,1-2H3,(H,17,19). The van der Waals surface area contributed by atoms with E-state index in [2.05, 4.69) is 21.2 Å². The maximum absolute atomic E-state index is 12.1. The first-order chi connectivity index (χ1) is 9.58. The van der Waals surface area contributed by atoms with Gasteiger partial charge >= 0.3 is 0 Å². The van der Waals surface area contributed by atoms with E-state index in [4.69, 9.17) is 0 Å². The Labute approximate surface area is 128 Å². The van der Waals surface area contributed by atoms with Crippen molar-refractivity contribution in [2.45, 2.75) is 33.1 Å². The van der Waals surface area contributed by atoms with Gasteiger partial charge in [-0.05, 0) is 40.9 Å². The minimum Gasteiger partial charge on any atom is -0.342 e. The maximum Gasteiger partial charge on any atom is 0.233 e. The van der Waals surface area contributed by atoms with Gasteiger partial charge in [-0.25, -0.2) is 0 Å². The molecular formula is C15H21BrN2O2. The van der Waals surface area contributed by atoms with Gasteiger partial charge in [-0.3, -0.25) is 9.59 Å². The molecule has 1 rings (SSSR count). The highest BCUT2D eigenvalue weighted by molar-refractivity contribution is 9.10. The van der Waals surface area contributed by atoms with E-state index in [0.29, 0.717) is 18.8 Å². The van der Waals surface area contributed by atoms with Crippen LogP contribution in [0.5, 0.6) is 0 Å². The lowest BCUT2D eigenvalue weighted by Crippen LogP contribution is -2.35. The van der Waals surface area contributed by atoms with Crippen molar-refractivity contribution in [3.8, 4) is 0 Å². The van der Waals surface area contributed by atoms with E-state index in [9.17, 15) is 9.59 Å². The van der Waals surface area contributed by atoms with E-state index in [1.807, 2.05) is 32.0 Å². The van der Waals surface area contributed by atoms with Crippen molar-refractivity contribution < 1.29 is 9.59 Å². The fourth-order valence-electron chi connectivity index (χ4n) is 1.91. The van der Waals surface area contributed by atoms with Crippen LogP contribution in [-0.2, 0) is 9.59 Å². The van der Waals surface area contributed by atoms with Gasteiger partial charge in [-0.15, -0.1) is 0 Å². The number of halogens is 1. The van der Waals surface area contributed by atoms with Gasteiger partial charge in [0.05, 0.1) is 5.69 Å². The number of para-hydroxylation sites is 1. The zero-order valence-electron chi connectivity index (χ0n) is 12.0. The minimum atomic E-state index is -0.279. The molecule has 0 heterocycles. The predicted molar refractivity (Wildman–Crippen MR) is 84.6 cm³/mol. The molecule has 0 unspecified atom stereocenters. The van der Waals surface area contributed by atoms with Gasteiger partial charge in [0, 0.05) is 17.6 Å². The van der Waals surface area contributed by atoms with Crippen LogP contribution in [0, 0.1) is 0 Å². The van der Waals surface area contributed by atoms with E-state index < -0.39 is 0 Å². The summed E-state index contributed by atoms with van der Waals surface area (Å²) in [5.74, 6) is -0.391. The molecule has 1 N–H and O–H groups in total. The highest BCUT2D eigenvalue weighted by atomic mass is 79.9. The first-order valence-corrected chi connectivity index (χ1v) is 7.69. The van der Waals surface area contributed by atoms with Crippen molar-refractivity contribution in [3.05, 3.63) is 28.7 Å². The summed E-state index contributed by atoms with van der Waals surface area (Å²) >= 11 is 3.36. The molecule has 4 nitrogen and oxygen atoms in total. The molecule has 5 heteroatoms. The zero-order valence-corrected chi connectivity index (χ0v) is 13.6. The Morgan fingerprint density at radius 3 is 2.30 bits per heavy atom. The number of nitrogens with zero attached hydrogens (tertiary/aromatic N) is 1. The highest BCUT2D eigenvalue weighted by Crippen LogP contribution is 2.21. The summed E-state index contributed by atoms with van der Waals surface area (Å²) in [5.41, 5.74) is 0.683. The third-order valence-electron chi connectivity index (χ3n) is 2.80. The van der Waals surface area contributed by atoms with Gasteiger partial charge in [0.2, 0.25) is 11.8 Å². The average Bonchev–Trinajstić information content (AvgIpc) is 2.41.